The third-order valence-corrected chi connectivity index (χ3v) is 4.30. The molecule has 8 heteroatoms. The van der Waals surface area contributed by atoms with Crippen molar-refractivity contribution in [1.29, 1.82) is 0 Å². The lowest BCUT2D eigenvalue weighted by Gasteiger charge is -2.09. The SMILES string of the molecule is O=C(Cn1nc2ccccn2c1=O)Nc1ccc(Oc2ccccc2Cl)cc1. The van der Waals surface area contributed by atoms with Crippen LogP contribution in [0.15, 0.2) is 77.7 Å². The van der Waals surface area contributed by atoms with Gasteiger partial charge in [0.1, 0.15) is 18.0 Å². The summed E-state index contributed by atoms with van der Waals surface area (Å²) < 4.78 is 8.22. The number of rotatable bonds is 5. The van der Waals surface area contributed by atoms with Gasteiger partial charge in [0.25, 0.3) is 0 Å². The van der Waals surface area contributed by atoms with Crippen molar-refractivity contribution >= 4 is 28.8 Å². The average Bonchev–Trinajstić information content (AvgIpc) is 3.01. The van der Waals surface area contributed by atoms with Crippen molar-refractivity contribution in [1.82, 2.24) is 14.2 Å². The Morgan fingerprint density at radius 3 is 2.54 bits per heavy atom. The molecule has 0 saturated heterocycles. The minimum Gasteiger partial charge on any atom is -0.456 e. The zero-order valence-electron chi connectivity index (χ0n) is 14.6. The van der Waals surface area contributed by atoms with Gasteiger partial charge in [-0.3, -0.25) is 9.20 Å². The standard InChI is InChI=1S/C20H15ClN4O3/c21-16-5-1-2-6-17(16)28-15-10-8-14(9-11-15)22-19(26)13-25-20(27)24-12-4-3-7-18(24)23-25/h1-12H,13H2,(H,22,26). The fourth-order valence-electron chi connectivity index (χ4n) is 2.67. The number of nitrogens with one attached hydrogen (secondary N) is 1. The number of nitrogens with zero attached hydrogens (tertiary/aromatic N) is 3. The molecule has 0 bridgehead atoms. The molecule has 2 aromatic carbocycles. The molecule has 28 heavy (non-hydrogen) atoms. The third-order valence-electron chi connectivity index (χ3n) is 3.98. The van der Waals surface area contributed by atoms with Crippen molar-refractivity contribution in [3.05, 3.63) is 88.4 Å². The summed E-state index contributed by atoms with van der Waals surface area (Å²) in [5.74, 6) is 0.778. The zero-order valence-corrected chi connectivity index (χ0v) is 15.3. The number of carbonyl (C=O) groups is 1. The summed E-state index contributed by atoms with van der Waals surface area (Å²) in [6, 6.07) is 19.2. The summed E-state index contributed by atoms with van der Waals surface area (Å²) in [5, 5.41) is 7.38. The van der Waals surface area contributed by atoms with Crippen molar-refractivity contribution < 1.29 is 9.53 Å². The van der Waals surface area contributed by atoms with E-state index in [2.05, 4.69) is 10.4 Å². The van der Waals surface area contributed by atoms with Crippen LogP contribution in [0.1, 0.15) is 0 Å². The molecule has 0 saturated carbocycles. The fraction of sp³-hybridized carbons (Fsp3) is 0.0500. The average molecular weight is 395 g/mol. The lowest BCUT2D eigenvalue weighted by Crippen LogP contribution is -2.28. The molecule has 140 valence electrons. The van der Waals surface area contributed by atoms with E-state index in [1.807, 2.05) is 12.1 Å². The van der Waals surface area contributed by atoms with Crippen LogP contribution >= 0.6 is 11.6 Å². The second-order valence-electron chi connectivity index (χ2n) is 5.97. The number of carbonyl (C=O) groups excluding carboxylic acids is 1. The second kappa shape index (κ2) is 7.58. The van der Waals surface area contributed by atoms with Gasteiger partial charge in [-0.2, -0.15) is 0 Å². The Kier molecular flexibility index (Phi) is 4.82. The molecule has 1 N–H and O–H groups in total. The maximum absolute atomic E-state index is 12.3. The van der Waals surface area contributed by atoms with Gasteiger partial charge in [-0.05, 0) is 48.5 Å². The van der Waals surface area contributed by atoms with E-state index in [-0.39, 0.29) is 18.1 Å². The van der Waals surface area contributed by atoms with Gasteiger partial charge in [-0.25, -0.2) is 9.48 Å². The topological polar surface area (TPSA) is 77.6 Å². The first-order valence-corrected chi connectivity index (χ1v) is 8.84. The smallest absolute Gasteiger partial charge is 0.350 e. The molecule has 0 aliphatic heterocycles. The van der Waals surface area contributed by atoms with Crippen LogP contribution in [0.25, 0.3) is 5.65 Å². The molecule has 0 atom stereocenters. The van der Waals surface area contributed by atoms with Gasteiger partial charge < -0.3 is 10.1 Å². The van der Waals surface area contributed by atoms with Gasteiger partial charge in [0.15, 0.2) is 5.65 Å². The lowest BCUT2D eigenvalue weighted by atomic mass is 10.3. The van der Waals surface area contributed by atoms with Gasteiger partial charge in [-0.15, -0.1) is 5.10 Å². The maximum Gasteiger partial charge on any atom is 0.350 e. The Morgan fingerprint density at radius 1 is 1.04 bits per heavy atom. The van der Waals surface area contributed by atoms with Gasteiger partial charge in [0, 0.05) is 11.9 Å². The van der Waals surface area contributed by atoms with Crippen molar-refractivity contribution in [2.24, 2.45) is 0 Å². The van der Waals surface area contributed by atoms with Gasteiger partial charge in [-0.1, -0.05) is 29.8 Å². The minimum absolute atomic E-state index is 0.182. The van der Waals surface area contributed by atoms with E-state index in [9.17, 15) is 9.59 Å². The highest BCUT2D eigenvalue weighted by Crippen LogP contribution is 2.29. The Balaban J connectivity index is 1.42. The Labute approximate surface area is 164 Å². The predicted octanol–water partition coefficient (Wildman–Crippen LogP) is 3.58. The third kappa shape index (κ3) is 3.74. The second-order valence-corrected chi connectivity index (χ2v) is 6.38. The van der Waals surface area contributed by atoms with Gasteiger partial charge >= 0.3 is 5.69 Å². The van der Waals surface area contributed by atoms with Crippen molar-refractivity contribution in [3.63, 3.8) is 0 Å². The first-order chi connectivity index (χ1) is 13.6. The molecule has 0 spiro atoms. The molecule has 4 rings (SSSR count). The van der Waals surface area contributed by atoms with E-state index in [1.54, 1.807) is 60.8 Å². The van der Waals surface area contributed by atoms with Crippen LogP contribution in [0.4, 0.5) is 5.69 Å². The molecule has 0 unspecified atom stereocenters. The maximum atomic E-state index is 12.3. The number of amides is 1. The number of fused-ring (bicyclic) bond motifs is 1. The van der Waals surface area contributed by atoms with Crippen molar-refractivity contribution in [3.8, 4) is 11.5 Å². The van der Waals surface area contributed by atoms with Crippen molar-refractivity contribution in [2.75, 3.05) is 5.32 Å². The molecular weight excluding hydrogens is 380 g/mol. The summed E-state index contributed by atoms with van der Waals surface area (Å²) in [7, 11) is 0. The summed E-state index contributed by atoms with van der Waals surface area (Å²) in [4.78, 5) is 24.5. The van der Waals surface area contributed by atoms with E-state index in [1.165, 1.54) is 4.40 Å². The number of pyridine rings is 1. The summed E-state index contributed by atoms with van der Waals surface area (Å²) in [6.45, 7) is -0.182. The highest BCUT2D eigenvalue weighted by Gasteiger charge is 2.11. The Hall–Kier alpha value is -3.58. The number of hydrogen-bond acceptors (Lipinski definition) is 4. The van der Waals surface area contributed by atoms with E-state index in [0.29, 0.717) is 27.9 Å². The van der Waals surface area contributed by atoms with E-state index < -0.39 is 0 Å². The van der Waals surface area contributed by atoms with Gasteiger partial charge in [0.05, 0.1) is 5.02 Å². The van der Waals surface area contributed by atoms with Crippen LogP contribution in [-0.4, -0.2) is 20.1 Å². The number of anilines is 1. The zero-order chi connectivity index (χ0) is 19.5. The first-order valence-electron chi connectivity index (χ1n) is 8.47. The molecule has 1 amide bonds. The molecule has 0 aliphatic rings. The number of aromatic nitrogens is 3. The quantitative estimate of drug-likeness (QED) is 0.561. The van der Waals surface area contributed by atoms with Crippen LogP contribution < -0.4 is 15.7 Å². The molecule has 0 radical (unpaired) electrons. The Bertz CT molecular complexity index is 1200. The largest absolute Gasteiger partial charge is 0.456 e. The number of hydrogen-bond donors (Lipinski definition) is 1. The lowest BCUT2D eigenvalue weighted by molar-refractivity contribution is -0.117. The molecule has 0 fully saturated rings. The van der Waals surface area contributed by atoms with Crippen LogP contribution in [0.3, 0.4) is 0 Å². The normalized spacial score (nSPS) is 10.8. The molecule has 2 aromatic heterocycles. The van der Waals surface area contributed by atoms with E-state index in [4.69, 9.17) is 16.3 Å². The Morgan fingerprint density at radius 2 is 1.79 bits per heavy atom. The molecule has 0 aliphatic carbocycles. The van der Waals surface area contributed by atoms with Crippen molar-refractivity contribution in [2.45, 2.75) is 6.54 Å². The highest BCUT2D eigenvalue weighted by atomic mass is 35.5. The first kappa shape index (κ1) is 17.8. The fourth-order valence-corrected chi connectivity index (χ4v) is 2.84. The van der Waals surface area contributed by atoms with E-state index in [0.717, 1.165) is 4.68 Å². The van der Waals surface area contributed by atoms with Gasteiger partial charge in [0.2, 0.25) is 5.91 Å². The van der Waals surface area contributed by atoms with Crippen LogP contribution in [0, 0.1) is 0 Å². The predicted molar refractivity (Wildman–Crippen MR) is 106 cm³/mol. The van der Waals surface area contributed by atoms with E-state index >= 15 is 0 Å². The molecule has 2 heterocycles. The summed E-state index contributed by atoms with van der Waals surface area (Å²) in [5.41, 5.74) is 0.698. The van der Waals surface area contributed by atoms with Crippen LogP contribution in [-0.2, 0) is 11.3 Å². The summed E-state index contributed by atoms with van der Waals surface area (Å²) in [6.07, 6.45) is 1.61. The van der Waals surface area contributed by atoms with Crippen LogP contribution in [0.5, 0.6) is 11.5 Å². The summed E-state index contributed by atoms with van der Waals surface area (Å²) >= 11 is 6.08. The van der Waals surface area contributed by atoms with Crippen LogP contribution in [0.2, 0.25) is 5.02 Å². The number of para-hydroxylation sites is 1. The monoisotopic (exact) mass is 394 g/mol. The molecular formula is C20H15ClN4O3. The minimum atomic E-state index is -0.366. The number of benzene rings is 2. The number of ether oxygens (including phenoxy) is 1. The number of halogens is 1. The molecule has 7 nitrogen and oxygen atoms in total. The molecule has 4 aromatic rings. The highest BCUT2D eigenvalue weighted by molar-refractivity contribution is 6.32.